The molecule has 0 spiro atoms. The first kappa shape index (κ1) is 12.0. The minimum Gasteiger partial charge on any atom is -0.316 e. The van der Waals surface area contributed by atoms with Gasteiger partial charge in [-0.25, -0.2) is 0 Å². The van der Waals surface area contributed by atoms with Gasteiger partial charge in [-0.2, -0.15) is 0 Å². The number of nitrogens with one attached hydrogen (secondary N) is 1. The third-order valence-corrected chi connectivity index (χ3v) is 4.50. The van der Waals surface area contributed by atoms with Gasteiger partial charge >= 0.3 is 0 Å². The molecule has 3 nitrogen and oxygen atoms in total. The number of halogens is 1. The first-order chi connectivity index (χ1) is 8.68. The molecule has 0 radical (unpaired) electrons. The van der Waals surface area contributed by atoms with Gasteiger partial charge in [0.2, 0.25) is 5.91 Å². The Balaban J connectivity index is 1.83. The van der Waals surface area contributed by atoms with Gasteiger partial charge in [0.15, 0.2) is 0 Å². The van der Waals surface area contributed by atoms with Crippen LogP contribution in [0.3, 0.4) is 0 Å². The summed E-state index contributed by atoms with van der Waals surface area (Å²) in [6.07, 6.45) is 0.871. The van der Waals surface area contributed by atoms with Crippen LogP contribution in [0, 0.1) is 11.8 Å². The molecule has 2 aliphatic rings. The number of hydrogen-bond donors (Lipinski definition) is 1. The van der Waals surface area contributed by atoms with Gasteiger partial charge in [-0.1, -0.05) is 24.6 Å². The van der Waals surface area contributed by atoms with Crippen molar-refractivity contribution in [3.8, 4) is 0 Å². The molecule has 1 N–H and O–H groups in total. The van der Waals surface area contributed by atoms with E-state index in [1.807, 2.05) is 30.0 Å². The minimum absolute atomic E-state index is 0.0937. The molecule has 3 rings (SSSR count). The number of hydrogen-bond acceptors (Lipinski definition) is 2. The van der Waals surface area contributed by atoms with Crippen LogP contribution in [0.2, 0.25) is 5.02 Å². The minimum atomic E-state index is 0.0937. The lowest BCUT2D eigenvalue weighted by molar-refractivity contribution is -0.123. The van der Waals surface area contributed by atoms with Crippen LogP contribution in [0.1, 0.15) is 12.5 Å². The van der Waals surface area contributed by atoms with E-state index in [9.17, 15) is 4.79 Å². The maximum Gasteiger partial charge on any atom is 0.230 e. The number of carbonyl (C=O) groups excluding carboxylic acids is 1. The van der Waals surface area contributed by atoms with Crippen molar-refractivity contribution < 1.29 is 4.79 Å². The van der Waals surface area contributed by atoms with Gasteiger partial charge in [-0.15, -0.1) is 0 Å². The summed E-state index contributed by atoms with van der Waals surface area (Å²) in [6.45, 7) is 4.73. The van der Waals surface area contributed by atoms with Crippen molar-refractivity contribution in [2.45, 2.75) is 13.3 Å². The van der Waals surface area contributed by atoms with Crippen molar-refractivity contribution in [3.63, 3.8) is 0 Å². The van der Waals surface area contributed by atoms with Crippen LogP contribution in [-0.4, -0.2) is 25.5 Å². The van der Waals surface area contributed by atoms with Crippen LogP contribution in [0.5, 0.6) is 0 Å². The summed E-state index contributed by atoms with van der Waals surface area (Å²) in [4.78, 5) is 14.4. The van der Waals surface area contributed by atoms with Crippen LogP contribution < -0.4 is 10.2 Å². The Labute approximate surface area is 112 Å². The van der Waals surface area contributed by atoms with Crippen LogP contribution >= 0.6 is 11.6 Å². The number of carbonyl (C=O) groups is 1. The monoisotopic (exact) mass is 264 g/mol. The number of anilines is 1. The highest BCUT2D eigenvalue weighted by Crippen LogP contribution is 2.35. The van der Waals surface area contributed by atoms with Gasteiger partial charge in [0.05, 0.1) is 0 Å². The normalized spacial score (nSPS) is 20.4. The van der Waals surface area contributed by atoms with Crippen LogP contribution in [0.4, 0.5) is 5.69 Å². The van der Waals surface area contributed by atoms with Gasteiger partial charge in [-0.3, -0.25) is 4.79 Å². The molecule has 2 aliphatic heterocycles. The summed E-state index contributed by atoms with van der Waals surface area (Å²) in [5.74, 6) is 0.819. The molecule has 1 atom stereocenters. The van der Waals surface area contributed by atoms with Crippen molar-refractivity contribution in [2.24, 2.45) is 11.8 Å². The Bertz CT molecular complexity index is 485. The molecular formula is C14H17ClN2O. The second-order valence-electron chi connectivity index (χ2n) is 5.18. The van der Waals surface area contributed by atoms with E-state index in [1.165, 1.54) is 0 Å². The number of nitrogens with zero attached hydrogens (tertiary/aromatic N) is 1. The van der Waals surface area contributed by atoms with E-state index in [4.69, 9.17) is 11.6 Å². The Morgan fingerprint density at radius 3 is 2.94 bits per heavy atom. The molecule has 0 bridgehead atoms. The van der Waals surface area contributed by atoms with E-state index in [-0.39, 0.29) is 11.8 Å². The van der Waals surface area contributed by atoms with E-state index in [0.717, 1.165) is 42.3 Å². The van der Waals surface area contributed by atoms with Crippen molar-refractivity contribution in [1.82, 2.24) is 5.32 Å². The molecule has 1 aromatic rings. The predicted octanol–water partition coefficient (Wildman–Crippen LogP) is 2.08. The molecule has 1 amide bonds. The van der Waals surface area contributed by atoms with E-state index in [1.54, 1.807) is 0 Å². The molecule has 18 heavy (non-hydrogen) atoms. The zero-order chi connectivity index (χ0) is 12.7. The lowest BCUT2D eigenvalue weighted by Gasteiger charge is -2.34. The Morgan fingerprint density at radius 2 is 2.28 bits per heavy atom. The molecule has 0 aromatic heterocycles. The highest BCUT2D eigenvalue weighted by molar-refractivity contribution is 6.32. The fraction of sp³-hybridized carbons (Fsp3) is 0.500. The molecule has 1 unspecified atom stereocenters. The molecule has 0 saturated carbocycles. The second kappa shape index (κ2) is 4.56. The summed E-state index contributed by atoms with van der Waals surface area (Å²) in [6, 6.07) is 5.81. The summed E-state index contributed by atoms with van der Waals surface area (Å²) in [5, 5.41) is 4.00. The average Bonchev–Trinajstić information content (AvgIpc) is 2.71. The molecule has 96 valence electrons. The highest BCUT2D eigenvalue weighted by atomic mass is 35.5. The summed E-state index contributed by atoms with van der Waals surface area (Å²) in [7, 11) is 0. The molecule has 1 saturated heterocycles. The Hall–Kier alpha value is -1.06. The molecule has 2 heterocycles. The van der Waals surface area contributed by atoms with E-state index in [0.29, 0.717) is 5.92 Å². The van der Waals surface area contributed by atoms with Gasteiger partial charge in [0, 0.05) is 23.2 Å². The quantitative estimate of drug-likeness (QED) is 0.887. The Morgan fingerprint density at radius 1 is 1.50 bits per heavy atom. The van der Waals surface area contributed by atoms with Crippen LogP contribution in [-0.2, 0) is 11.2 Å². The average molecular weight is 265 g/mol. The molecular weight excluding hydrogens is 248 g/mol. The molecule has 1 fully saturated rings. The number of fused-ring (bicyclic) bond motifs is 1. The SMILES string of the molecule is CC(C(=O)N1CCc2c(Cl)cccc21)C1CNC1. The lowest BCUT2D eigenvalue weighted by atomic mass is 9.88. The van der Waals surface area contributed by atoms with Crippen molar-refractivity contribution >= 4 is 23.2 Å². The zero-order valence-corrected chi connectivity index (χ0v) is 11.2. The lowest BCUT2D eigenvalue weighted by Crippen LogP contribution is -2.50. The molecule has 4 heteroatoms. The van der Waals surface area contributed by atoms with E-state index in [2.05, 4.69) is 5.32 Å². The zero-order valence-electron chi connectivity index (χ0n) is 10.4. The van der Waals surface area contributed by atoms with E-state index < -0.39 is 0 Å². The molecule has 1 aromatic carbocycles. The third kappa shape index (κ3) is 1.82. The van der Waals surface area contributed by atoms with Crippen molar-refractivity contribution in [2.75, 3.05) is 24.5 Å². The first-order valence-corrected chi connectivity index (χ1v) is 6.86. The Kier molecular flexibility index (Phi) is 3.04. The number of rotatable bonds is 2. The second-order valence-corrected chi connectivity index (χ2v) is 5.59. The maximum absolute atomic E-state index is 12.5. The molecule has 0 aliphatic carbocycles. The number of benzene rings is 1. The van der Waals surface area contributed by atoms with Crippen LogP contribution in [0.15, 0.2) is 18.2 Å². The van der Waals surface area contributed by atoms with Crippen molar-refractivity contribution in [1.29, 1.82) is 0 Å². The van der Waals surface area contributed by atoms with E-state index >= 15 is 0 Å². The van der Waals surface area contributed by atoms with Gasteiger partial charge in [0.1, 0.15) is 0 Å². The van der Waals surface area contributed by atoms with Crippen LogP contribution in [0.25, 0.3) is 0 Å². The fourth-order valence-corrected chi connectivity index (χ4v) is 3.00. The standard InChI is InChI=1S/C14H17ClN2O/c1-9(10-7-16-8-10)14(18)17-6-5-11-12(15)3-2-4-13(11)17/h2-4,9-10,16H,5-8H2,1H3. The van der Waals surface area contributed by atoms with Gasteiger partial charge < -0.3 is 10.2 Å². The van der Waals surface area contributed by atoms with Gasteiger partial charge in [-0.05, 0) is 43.1 Å². The highest BCUT2D eigenvalue weighted by Gasteiger charge is 2.34. The maximum atomic E-state index is 12.5. The topological polar surface area (TPSA) is 32.3 Å². The van der Waals surface area contributed by atoms with Crippen molar-refractivity contribution in [3.05, 3.63) is 28.8 Å². The number of amides is 1. The van der Waals surface area contributed by atoms with Gasteiger partial charge in [0.25, 0.3) is 0 Å². The summed E-state index contributed by atoms with van der Waals surface area (Å²) >= 11 is 6.17. The fourth-order valence-electron chi connectivity index (χ4n) is 2.73. The third-order valence-electron chi connectivity index (χ3n) is 4.15. The largest absolute Gasteiger partial charge is 0.316 e. The summed E-state index contributed by atoms with van der Waals surface area (Å²) < 4.78 is 0. The first-order valence-electron chi connectivity index (χ1n) is 6.48. The smallest absolute Gasteiger partial charge is 0.230 e. The summed E-state index contributed by atoms with van der Waals surface area (Å²) in [5.41, 5.74) is 2.12. The predicted molar refractivity (Wildman–Crippen MR) is 73.0 cm³/mol.